The Bertz CT molecular complexity index is 538. The minimum atomic E-state index is 0.553. The van der Waals surface area contributed by atoms with Crippen molar-refractivity contribution in [2.75, 3.05) is 59.3 Å². The average Bonchev–Trinajstić information content (AvgIpc) is 2.67. The number of ether oxygens (including phenoxy) is 4. The predicted octanol–water partition coefficient (Wildman–Crippen LogP) is 2.55. The third kappa shape index (κ3) is 10.2. The van der Waals surface area contributed by atoms with Gasteiger partial charge in [0.25, 0.3) is 0 Å². The molecule has 0 fully saturated rings. The molecular weight excluding hydrogens is 346 g/mol. The van der Waals surface area contributed by atoms with E-state index in [1.807, 2.05) is 12.1 Å². The van der Waals surface area contributed by atoms with E-state index in [4.69, 9.17) is 18.9 Å². The number of hydrogen-bond acceptors (Lipinski definition) is 7. The van der Waals surface area contributed by atoms with Crippen LogP contribution in [0.5, 0.6) is 5.75 Å². The molecule has 0 atom stereocenters. The van der Waals surface area contributed by atoms with Gasteiger partial charge in [0.2, 0.25) is 0 Å². The lowest BCUT2D eigenvalue weighted by atomic mass is 10.2. The van der Waals surface area contributed by atoms with E-state index in [2.05, 4.69) is 21.9 Å². The van der Waals surface area contributed by atoms with Gasteiger partial charge in [-0.2, -0.15) is 0 Å². The summed E-state index contributed by atoms with van der Waals surface area (Å²) >= 11 is 0. The highest BCUT2D eigenvalue weighted by atomic mass is 16.5. The highest BCUT2D eigenvalue weighted by Crippen LogP contribution is 2.14. The molecule has 1 aromatic heterocycles. The summed E-state index contributed by atoms with van der Waals surface area (Å²) in [6, 6.07) is 3.81. The molecule has 0 unspecified atom stereocenters. The second kappa shape index (κ2) is 14.3. The molecule has 0 radical (unpaired) electrons. The molecule has 0 aromatic carbocycles. The molecule has 150 valence electrons. The number of nitrogens with zero attached hydrogens (tertiary/aromatic N) is 3. The summed E-state index contributed by atoms with van der Waals surface area (Å²) < 4.78 is 22.3. The van der Waals surface area contributed by atoms with Crippen LogP contribution in [0, 0.1) is 0 Å². The maximum atomic E-state index is 5.87. The smallest absolute Gasteiger partial charge is 0.123 e. The molecule has 0 saturated heterocycles. The van der Waals surface area contributed by atoms with Crippen molar-refractivity contribution in [1.29, 1.82) is 0 Å². The van der Waals surface area contributed by atoms with Crippen LogP contribution < -0.4 is 4.74 Å². The van der Waals surface area contributed by atoms with Crippen molar-refractivity contribution in [3.63, 3.8) is 0 Å². The van der Waals surface area contributed by atoms with Crippen molar-refractivity contribution < 1.29 is 18.9 Å². The third-order valence-electron chi connectivity index (χ3n) is 3.78. The lowest BCUT2D eigenvalue weighted by Crippen LogP contribution is -2.11. The third-order valence-corrected chi connectivity index (χ3v) is 3.78. The standard InChI is InChI=1S/C20H31N3O4/c1-2-3-4-7-27-20-14-18-16-21-5-8-24-10-12-26-13-11-25-9-6-22-17-19(15-20)23-18/h14-17H,2-13H2,1H3. The van der Waals surface area contributed by atoms with Crippen LogP contribution in [0.2, 0.25) is 0 Å². The van der Waals surface area contributed by atoms with Gasteiger partial charge in [-0.05, 0) is 6.42 Å². The first kappa shape index (κ1) is 21.5. The van der Waals surface area contributed by atoms with E-state index in [0.29, 0.717) is 59.3 Å². The zero-order valence-electron chi connectivity index (χ0n) is 16.3. The number of hydrogen-bond donors (Lipinski definition) is 0. The zero-order chi connectivity index (χ0) is 19.0. The SMILES string of the molecule is CCCCCOc1cc2nc(c1)C=NCCOCCOCCOCCN=C2. The normalized spacial score (nSPS) is 17.2. The molecule has 2 bridgehead atoms. The molecule has 1 aliphatic heterocycles. The molecule has 27 heavy (non-hydrogen) atoms. The van der Waals surface area contributed by atoms with Crippen LogP contribution in [-0.4, -0.2) is 76.8 Å². The Kier molecular flexibility index (Phi) is 11.3. The van der Waals surface area contributed by atoms with Gasteiger partial charge in [0, 0.05) is 24.6 Å². The summed E-state index contributed by atoms with van der Waals surface area (Å²) in [5, 5.41) is 0. The fourth-order valence-corrected chi connectivity index (χ4v) is 2.40. The van der Waals surface area contributed by atoms with Crippen molar-refractivity contribution in [2.24, 2.45) is 9.98 Å². The van der Waals surface area contributed by atoms with Crippen LogP contribution in [0.1, 0.15) is 37.6 Å². The number of aromatic nitrogens is 1. The molecule has 2 rings (SSSR count). The lowest BCUT2D eigenvalue weighted by Gasteiger charge is -2.08. The van der Waals surface area contributed by atoms with E-state index in [-0.39, 0.29) is 0 Å². The Labute approximate surface area is 161 Å². The van der Waals surface area contributed by atoms with Crippen LogP contribution in [0.3, 0.4) is 0 Å². The molecule has 7 nitrogen and oxygen atoms in total. The summed E-state index contributed by atoms with van der Waals surface area (Å²) in [6.45, 7) is 7.39. The molecular formula is C20H31N3O4. The first-order valence-electron chi connectivity index (χ1n) is 9.76. The van der Waals surface area contributed by atoms with E-state index < -0.39 is 0 Å². The van der Waals surface area contributed by atoms with Crippen molar-refractivity contribution in [3.05, 3.63) is 23.5 Å². The highest BCUT2D eigenvalue weighted by molar-refractivity contribution is 5.82. The number of aliphatic imine (C=N–C) groups is 2. The Hall–Kier alpha value is -1.83. The van der Waals surface area contributed by atoms with Crippen LogP contribution >= 0.6 is 0 Å². The minimum absolute atomic E-state index is 0.553. The summed E-state index contributed by atoms with van der Waals surface area (Å²) in [6.07, 6.45) is 6.89. The van der Waals surface area contributed by atoms with Crippen LogP contribution in [0.15, 0.2) is 22.1 Å². The van der Waals surface area contributed by atoms with E-state index in [1.54, 1.807) is 12.4 Å². The summed E-state index contributed by atoms with van der Waals surface area (Å²) in [5.74, 6) is 0.794. The summed E-state index contributed by atoms with van der Waals surface area (Å²) in [5.41, 5.74) is 1.51. The molecule has 0 amide bonds. The molecule has 1 aliphatic rings. The Morgan fingerprint density at radius 3 is 1.93 bits per heavy atom. The van der Waals surface area contributed by atoms with Gasteiger partial charge in [-0.3, -0.25) is 9.98 Å². The topological polar surface area (TPSA) is 74.5 Å². The minimum Gasteiger partial charge on any atom is -0.493 e. The summed E-state index contributed by atoms with van der Waals surface area (Å²) in [4.78, 5) is 13.3. The predicted molar refractivity (Wildman–Crippen MR) is 107 cm³/mol. The number of fused-ring (bicyclic) bond motifs is 2. The van der Waals surface area contributed by atoms with E-state index in [9.17, 15) is 0 Å². The molecule has 0 aliphatic carbocycles. The average molecular weight is 377 g/mol. The lowest BCUT2D eigenvalue weighted by molar-refractivity contribution is 0.0176. The van der Waals surface area contributed by atoms with E-state index in [1.165, 1.54) is 12.8 Å². The van der Waals surface area contributed by atoms with Crippen molar-refractivity contribution in [2.45, 2.75) is 26.2 Å². The van der Waals surface area contributed by atoms with Crippen LogP contribution in [0.4, 0.5) is 0 Å². The first-order chi connectivity index (χ1) is 13.4. The van der Waals surface area contributed by atoms with E-state index >= 15 is 0 Å². The van der Waals surface area contributed by atoms with Gasteiger partial charge in [0.1, 0.15) is 5.75 Å². The van der Waals surface area contributed by atoms with Gasteiger partial charge in [-0.15, -0.1) is 0 Å². The largest absolute Gasteiger partial charge is 0.493 e. The molecule has 0 spiro atoms. The molecule has 0 saturated carbocycles. The second-order valence-corrected chi connectivity index (χ2v) is 6.12. The number of unbranched alkanes of at least 4 members (excludes halogenated alkanes) is 2. The van der Waals surface area contributed by atoms with Gasteiger partial charge < -0.3 is 18.9 Å². The maximum Gasteiger partial charge on any atom is 0.123 e. The monoisotopic (exact) mass is 377 g/mol. The van der Waals surface area contributed by atoms with Crippen molar-refractivity contribution >= 4 is 12.4 Å². The van der Waals surface area contributed by atoms with Gasteiger partial charge >= 0.3 is 0 Å². The Morgan fingerprint density at radius 2 is 1.37 bits per heavy atom. The Morgan fingerprint density at radius 1 is 0.815 bits per heavy atom. The number of rotatable bonds is 5. The maximum absolute atomic E-state index is 5.87. The molecule has 0 N–H and O–H groups in total. The molecule has 2 heterocycles. The second-order valence-electron chi connectivity index (χ2n) is 6.12. The van der Waals surface area contributed by atoms with Crippen molar-refractivity contribution in [3.8, 4) is 5.75 Å². The first-order valence-corrected chi connectivity index (χ1v) is 9.76. The summed E-state index contributed by atoms with van der Waals surface area (Å²) in [7, 11) is 0. The quantitative estimate of drug-likeness (QED) is 0.737. The van der Waals surface area contributed by atoms with Crippen LogP contribution in [-0.2, 0) is 14.2 Å². The highest BCUT2D eigenvalue weighted by Gasteiger charge is 2.02. The van der Waals surface area contributed by atoms with Gasteiger partial charge in [-0.25, -0.2) is 4.98 Å². The molecule has 7 heteroatoms. The molecule has 1 aromatic rings. The van der Waals surface area contributed by atoms with Gasteiger partial charge in [0.05, 0.1) is 70.7 Å². The van der Waals surface area contributed by atoms with Gasteiger partial charge in [0.15, 0.2) is 0 Å². The Balaban J connectivity index is 2.01. The van der Waals surface area contributed by atoms with Crippen LogP contribution in [0.25, 0.3) is 0 Å². The zero-order valence-corrected chi connectivity index (χ0v) is 16.3. The fraction of sp³-hybridized carbons (Fsp3) is 0.650. The fourth-order valence-electron chi connectivity index (χ4n) is 2.40. The van der Waals surface area contributed by atoms with E-state index in [0.717, 1.165) is 23.6 Å². The van der Waals surface area contributed by atoms with Crippen molar-refractivity contribution in [1.82, 2.24) is 4.98 Å². The number of pyridine rings is 1. The van der Waals surface area contributed by atoms with Gasteiger partial charge in [-0.1, -0.05) is 19.8 Å².